The SMILES string of the molecule is CC(=O)/C=C/c1cc2cc3c(cc2oc1=O)C#CCCC=C3. The van der Waals surface area contributed by atoms with E-state index in [1.807, 2.05) is 12.1 Å². The Labute approximate surface area is 128 Å². The Morgan fingerprint density at radius 3 is 3.00 bits per heavy atom. The van der Waals surface area contributed by atoms with Crippen LogP contribution in [0.3, 0.4) is 0 Å². The van der Waals surface area contributed by atoms with Gasteiger partial charge < -0.3 is 4.42 Å². The molecule has 0 atom stereocenters. The summed E-state index contributed by atoms with van der Waals surface area (Å²) < 4.78 is 5.35. The van der Waals surface area contributed by atoms with E-state index in [0.717, 1.165) is 29.4 Å². The smallest absolute Gasteiger partial charge is 0.343 e. The van der Waals surface area contributed by atoms with Gasteiger partial charge in [0.2, 0.25) is 0 Å². The monoisotopic (exact) mass is 290 g/mol. The predicted octanol–water partition coefficient (Wildman–Crippen LogP) is 3.55. The van der Waals surface area contributed by atoms with Gasteiger partial charge in [-0.05, 0) is 49.3 Å². The lowest BCUT2D eigenvalue weighted by Gasteiger charge is -2.05. The third-order valence-electron chi connectivity index (χ3n) is 3.39. The number of hydrogen-bond donors (Lipinski definition) is 0. The van der Waals surface area contributed by atoms with Crippen molar-refractivity contribution in [2.24, 2.45) is 0 Å². The quantitative estimate of drug-likeness (QED) is 0.483. The first kappa shape index (κ1) is 14.1. The summed E-state index contributed by atoms with van der Waals surface area (Å²) >= 11 is 0. The molecule has 3 heteroatoms. The van der Waals surface area contributed by atoms with Crippen LogP contribution in [0.25, 0.3) is 23.1 Å². The average Bonchev–Trinajstić information content (AvgIpc) is 2.45. The highest BCUT2D eigenvalue weighted by Gasteiger charge is 2.07. The van der Waals surface area contributed by atoms with Gasteiger partial charge in [0.05, 0.1) is 5.56 Å². The molecule has 108 valence electrons. The van der Waals surface area contributed by atoms with Crippen molar-refractivity contribution in [2.45, 2.75) is 19.8 Å². The van der Waals surface area contributed by atoms with Gasteiger partial charge >= 0.3 is 5.63 Å². The van der Waals surface area contributed by atoms with Gasteiger partial charge in [-0.2, -0.15) is 0 Å². The Hall–Kier alpha value is -2.86. The Balaban J connectivity index is 2.19. The number of carbonyl (C=O) groups is 1. The van der Waals surface area contributed by atoms with Crippen molar-refractivity contribution < 1.29 is 9.21 Å². The van der Waals surface area contributed by atoms with Crippen molar-refractivity contribution in [3.8, 4) is 11.8 Å². The Morgan fingerprint density at radius 2 is 2.18 bits per heavy atom. The van der Waals surface area contributed by atoms with Crippen molar-refractivity contribution in [3.63, 3.8) is 0 Å². The molecule has 0 radical (unpaired) electrons. The first-order valence-electron chi connectivity index (χ1n) is 7.09. The second-order valence-electron chi connectivity index (χ2n) is 5.15. The molecule has 1 aromatic carbocycles. The molecule has 3 nitrogen and oxygen atoms in total. The topological polar surface area (TPSA) is 47.3 Å². The van der Waals surface area contributed by atoms with Crippen LogP contribution in [0.4, 0.5) is 0 Å². The molecule has 1 aromatic heterocycles. The average molecular weight is 290 g/mol. The molecule has 0 spiro atoms. The van der Waals surface area contributed by atoms with Gasteiger partial charge in [0.1, 0.15) is 5.58 Å². The number of carbonyl (C=O) groups excluding carboxylic acids is 1. The van der Waals surface area contributed by atoms with E-state index in [1.165, 1.54) is 19.1 Å². The molecule has 0 N–H and O–H groups in total. The second-order valence-corrected chi connectivity index (χ2v) is 5.15. The van der Waals surface area contributed by atoms with E-state index < -0.39 is 5.63 Å². The number of allylic oxidation sites excluding steroid dienone is 2. The van der Waals surface area contributed by atoms with E-state index in [1.54, 1.807) is 12.1 Å². The van der Waals surface area contributed by atoms with Gasteiger partial charge in [0, 0.05) is 17.4 Å². The van der Waals surface area contributed by atoms with Crippen LogP contribution in [0.2, 0.25) is 0 Å². The van der Waals surface area contributed by atoms with E-state index in [2.05, 4.69) is 17.9 Å². The number of hydrogen-bond acceptors (Lipinski definition) is 3. The fourth-order valence-corrected chi connectivity index (χ4v) is 2.29. The lowest BCUT2D eigenvalue weighted by Crippen LogP contribution is -2.03. The van der Waals surface area contributed by atoms with E-state index in [0.29, 0.717) is 11.1 Å². The maximum absolute atomic E-state index is 12.0. The first-order chi connectivity index (χ1) is 10.6. The largest absolute Gasteiger partial charge is 0.422 e. The number of fused-ring (bicyclic) bond motifs is 2. The van der Waals surface area contributed by atoms with Crippen LogP contribution in [0.1, 0.15) is 36.5 Å². The van der Waals surface area contributed by atoms with Gasteiger partial charge in [0.15, 0.2) is 5.78 Å². The van der Waals surface area contributed by atoms with E-state index in [-0.39, 0.29) is 5.78 Å². The molecular formula is C19H14O3. The summed E-state index contributed by atoms with van der Waals surface area (Å²) in [5, 5.41) is 0.813. The molecule has 1 aliphatic rings. The molecule has 0 saturated carbocycles. The zero-order valence-electron chi connectivity index (χ0n) is 12.2. The molecule has 0 amide bonds. The van der Waals surface area contributed by atoms with Crippen molar-refractivity contribution in [3.05, 3.63) is 57.5 Å². The van der Waals surface area contributed by atoms with E-state index in [9.17, 15) is 9.59 Å². The Bertz CT molecular complexity index is 931. The molecule has 22 heavy (non-hydrogen) atoms. The molecule has 0 saturated heterocycles. The van der Waals surface area contributed by atoms with Gasteiger partial charge in [0.25, 0.3) is 0 Å². The number of benzene rings is 1. The van der Waals surface area contributed by atoms with E-state index in [4.69, 9.17) is 4.42 Å². The standard InChI is InChI=1S/C19H14O3/c1-13(20)8-9-16-11-17-10-14-6-4-2-3-5-7-15(14)12-18(17)22-19(16)21/h4,6,8-12H,2-3H2,1H3/b6-4?,9-8+. The summed E-state index contributed by atoms with van der Waals surface area (Å²) in [6.07, 6.45) is 8.73. The molecule has 1 heterocycles. The van der Waals surface area contributed by atoms with Crippen molar-refractivity contribution in [1.82, 2.24) is 0 Å². The minimum absolute atomic E-state index is 0.115. The molecule has 2 aromatic rings. The Kier molecular flexibility index (Phi) is 3.76. The molecule has 0 bridgehead atoms. The maximum Gasteiger partial charge on any atom is 0.343 e. The minimum atomic E-state index is -0.459. The highest BCUT2D eigenvalue weighted by Crippen LogP contribution is 2.22. The first-order valence-corrected chi connectivity index (χ1v) is 7.09. The highest BCUT2D eigenvalue weighted by molar-refractivity contribution is 5.92. The van der Waals surface area contributed by atoms with Crippen LogP contribution in [-0.4, -0.2) is 5.78 Å². The molecule has 0 fully saturated rings. The summed E-state index contributed by atoms with van der Waals surface area (Å²) in [5.41, 5.74) is 2.28. The second kappa shape index (κ2) is 5.87. The molecule has 1 aliphatic carbocycles. The third-order valence-corrected chi connectivity index (χ3v) is 3.39. The third kappa shape index (κ3) is 2.91. The summed E-state index contributed by atoms with van der Waals surface area (Å²) in [6, 6.07) is 5.49. The van der Waals surface area contributed by atoms with Crippen molar-refractivity contribution in [1.29, 1.82) is 0 Å². The lowest BCUT2D eigenvalue weighted by molar-refractivity contribution is -0.112. The minimum Gasteiger partial charge on any atom is -0.422 e. The van der Waals surface area contributed by atoms with E-state index >= 15 is 0 Å². The van der Waals surface area contributed by atoms with Crippen LogP contribution in [0.15, 0.2) is 39.6 Å². The fourth-order valence-electron chi connectivity index (χ4n) is 2.29. The predicted molar refractivity (Wildman–Crippen MR) is 87.3 cm³/mol. The Morgan fingerprint density at radius 1 is 1.32 bits per heavy atom. The number of rotatable bonds is 2. The van der Waals surface area contributed by atoms with Gasteiger partial charge in [-0.1, -0.05) is 24.0 Å². The normalized spacial score (nSPS) is 13.3. The van der Waals surface area contributed by atoms with Crippen molar-refractivity contribution in [2.75, 3.05) is 0 Å². The number of ketones is 1. The summed E-state index contributed by atoms with van der Waals surface area (Å²) in [7, 11) is 0. The summed E-state index contributed by atoms with van der Waals surface area (Å²) in [5.74, 6) is 6.09. The molecule has 3 rings (SSSR count). The van der Waals surface area contributed by atoms with Crippen LogP contribution >= 0.6 is 0 Å². The molecule has 0 aliphatic heterocycles. The summed E-state index contributed by atoms with van der Waals surface area (Å²) in [4.78, 5) is 23.0. The van der Waals surface area contributed by atoms with Crippen LogP contribution in [0.5, 0.6) is 0 Å². The highest BCUT2D eigenvalue weighted by atomic mass is 16.4. The van der Waals surface area contributed by atoms with Gasteiger partial charge in [-0.3, -0.25) is 4.79 Å². The lowest BCUT2D eigenvalue weighted by atomic mass is 10.0. The fraction of sp³-hybridized carbons (Fsp3) is 0.158. The zero-order chi connectivity index (χ0) is 15.5. The summed E-state index contributed by atoms with van der Waals surface area (Å²) in [6.45, 7) is 1.44. The van der Waals surface area contributed by atoms with Crippen molar-refractivity contribution >= 4 is 28.9 Å². The molecule has 0 unspecified atom stereocenters. The van der Waals surface area contributed by atoms with Gasteiger partial charge in [-0.25, -0.2) is 4.79 Å². The van der Waals surface area contributed by atoms with Gasteiger partial charge in [-0.15, -0.1) is 0 Å². The molecular weight excluding hydrogens is 276 g/mol. The zero-order valence-corrected chi connectivity index (χ0v) is 12.2. The van der Waals surface area contributed by atoms with Crippen LogP contribution < -0.4 is 5.63 Å². The van der Waals surface area contributed by atoms with Crippen LogP contribution in [0, 0.1) is 11.8 Å². The van der Waals surface area contributed by atoms with Crippen LogP contribution in [-0.2, 0) is 4.79 Å². The maximum atomic E-state index is 12.0.